The smallest absolute Gasteiger partial charge is 0.227 e. The first-order valence-corrected chi connectivity index (χ1v) is 13.9. The number of anilines is 4. The van der Waals surface area contributed by atoms with E-state index in [9.17, 15) is 0 Å². The van der Waals surface area contributed by atoms with Gasteiger partial charge >= 0.3 is 0 Å². The quantitative estimate of drug-likeness (QED) is 0.218. The van der Waals surface area contributed by atoms with E-state index >= 15 is 0 Å². The van der Waals surface area contributed by atoms with E-state index in [1.807, 2.05) is 50.4 Å². The van der Waals surface area contributed by atoms with Gasteiger partial charge in [0.15, 0.2) is 0 Å². The number of aromatic nitrogens is 5. The van der Waals surface area contributed by atoms with E-state index in [2.05, 4.69) is 56.5 Å². The van der Waals surface area contributed by atoms with Gasteiger partial charge in [0.2, 0.25) is 5.95 Å². The van der Waals surface area contributed by atoms with E-state index in [0.717, 1.165) is 66.2 Å². The standard InChI is InChI=1S/C31H37N9O/c1-19-22(17-35-39(19)4)23-16-34-31(36-27-14-25(32)26(15-28(27)41-5)33-11-13-38(2)3)37-29(23)24-18-40-12-7-9-20-8-6-10-21(24)30(20)40/h6,8,10,14-18,33H,7,9,11-13,32H2,1-5H3,(H,34,36,37). The minimum absolute atomic E-state index is 0.461. The number of nitrogens with zero attached hydrogens (tertiary/aromatic N) is 6. The number of rotatable bonds is 9. The number of para-hydroxylation sites is 1. The maximum Gasteiger partial charge on any atom is 0.227 e. The summed E-state index contributed by atoms with van der Waals surface area (Å²) in [5.74, 6) is 1.11. The number of nitrogens with two attached hydrogens (primary N) is 1. The third kappa shape index (κ3) is 4.95. The molecule has 0 saturated carbocycles. The van der Waals surface area contributed by atoms with Gasteiger partial charge < -0.3 is 30.6 Å². The van der Waals surface area contributed by atoms with Crippen LogP contribution in [-0.2, 0) is 20.0 Å². The van der Waals surface area contributed by atoms with Gasteiger partial charge in [0.1, 0.15) is 5.75 Å². The van der Waals surface area contributed by atoms with Gasteiger partial charge in [-0.05, 0) is 45.5 Å². The lowest BCUT2D eigenvalue weighted by atomic mass is 9.98. The summed E-state index contributed by atoms with van der Waals surface area (Å²) in [6.45, 7) is 4.72. The van der Waals surface area contributed by atoms with Gasteiger partial charge in [0.05, 0.1) is 41.6 Å². The van der Waals surface area contributed by atoms with Crippen LogP contribution < -0.4 is 21.1 Å². The minimum atomic E-state index is 0.461. The monoisotopic (exact) mass is 551 g/mol. The normalized spacial score (nSPS) is 12.7. The third-order valence-corrected chi connectivity index (χ3v) is 7.89. The Morgan fingerprint density at radius 3 is 2.71 bits per heavy atom. The highest BCUT2D eigenvalue weighted by atomic mass is 16.5. The Morgan fingerprint density at radius 2 is 1.95 bits per heavy atom. The first kappa shape index (κ1) is 26.6. The molecular weight excluding hydrogens is 514 g/mol. The van der Waals surface area contributed by atoms with Gasteiger partial charge in [-0.2, -0.15) is 5.10 Å². The van der Waals surface area contributed by atoms with Crippen molar-refractivity contribution in [2.45, 2.75) is 26.3 Å². The van der Waals surface area contributed by atoms with Gasteiger partial charge in [-0.3, -0.25) is 4.68 Å². The van der Waals surface area contributed by atoms with Crippen LogP contribution in [0.2, 0.25) is 0 Å². The van der Waals surface area contributed by atoms with Crippen LogP contribution >= 0.6 is 0 Å². The van der Waals surface area contributed by atoms with Crippen LogP contribution in [0.4, 0.5) is 23.0 Å². The van der Waals surface area contributed by atoms with Crippen molar-refractivity contribution in [2.24, 2.45) is 7.05 Å². The second-order valence-electron chi connectivity index (χ2n) is 10.9. The van der Waals surface area contributed by atoms with Crippen molar-refractivity contribution >= 4 is 33.9 Å². The van der Waals surface area contributed by atoms with Crippen molar-refractivity contribution in [3.05, 3.63) is 60.2 Å². The lowest BCUT2D eigenvalue weighted by Gasteiger charge is -2.17. The highest BCUT2D eigenvalue weighted by Crippen LogP contribution is 2.40. The summed E-state index contributed by atoms with van der Waals surface area (Å²) in [6, 6.07) is 10.3. The molecule has 0 atom stereocenters. The van der Waals surface area contributed by atoms with E-state index in [4.69, 9.17) is 20.4 Å². The number of ether oxygens (including phenoxy) is 1. The first-order valence-electron chi connectivity index (χ1n) is 13.9. The molecular formula is C31H37N9O. The number of aryl methyl sites for hydroxylation is 3. The predicted molar refractivity (Wildman–Crippen MR) is 166 cm³/mol. The lowest BCUT2D eigenvalue weighted by molar-refractivity contribution is 0.416. The van der Waals surface area contributed by atoms with Gasteiger partial charge in [-0.25, -0.2) is 9.97 Å². The topological polar surface area (TPSA) is 111 Å². The van der Waals surface area contributed by atoms with Crippen molar-refractivity contribution in [3.63, 3.8) is 0 Å². The molecule has 0 amide bonds. The molecule has 1 aliphatic rings. The lowest BCUT2D eigenvalue weighted by Crippen LogP contribution is -2.21. The Balaban J connectivity index is 1.44. The number of benzene rings is 2. The van der Waals surface area contributed by atoms with E-state index < -0.39 is 0 Å². The highest BCUT2D eigenvalue weighted by molar-refractivity contribution is 6.00. The zero-order chi connectivity index (χ0) is 28.7. The Kier molecular flexibility index (Phi) is 7.00. The Bertz CT molecular complexity index is 1730. The fourth-order valence-corrected chi connectivity index (χ4v) is 5.60. The summed E-state index contributed by atoms with van der Waals surface area (Å²) >= 11 is 0. The zero-order valence-corrected chi connectivity index (χ0v) is 24.3. The summed E-state index contributed by atoms with van der Waals surface area (Å²) in [5.41, 5.74) is 16.2. The zero-order valence-electron chi connectivity index (χ0n) is 24.3. The molecule has 0 spiro atoms. The summed E-state index contributed by atoms with van der Waals surface area (Å²) in [4.78, 5) is 12.0. The van der Waals surface area contributed by atoms with E-state index in [1.165, 1.54) is 16.5 Å². The molecule has 0 aliphatic carbocycles. The predicted octanol–water partition coefficient (Wildman–Crippen LogP) is 5.06. The number of hydrogen-bond donors (Lipinski definition) is 3. The molecule has 2 aromatic carbocycles. The Hall–Kier alpha value is -4.57. The molecule has 0 fully saturated rings. The van der Waals surface area contributed by atoms with Crippen LogP contribution in [0.15, 0.2) is 48.9 Å². The molecule has 0 bridgehead atoms. The van der Waals surface area contributed by atoms with E-state index in [-0.39, 0.29) is 0 Å². The van der Waals surface area contributed by atoms with Gasteiger partial charge in [-0.1, -0.05) is 18.2 Å². The average Bonchev–Trinajstić information content (AvgIpc) is 3.50. The van der Waals surface area contributed by atoms with Gasteiger partial charge in [0.25, 0.3) is 0 Å². The molecule has 4 heterocycles. The van der Waals surface area contributed by atoms with E-state index in [0.29, 0.717) is 23.1 Å². The molecule has 0 saturated heterocycles. The van der Waals surface area contributed by atoms with Crippen LogP contribution in [-0.4, -0.2) is 63.5 Å². The van der Waals surface area contributed by atoms with Crippen LogP contribution in [0.3, 0.4) is 0 Å². The van der Waals surface area contributed by atoms with Crippen molar-refractivity contribution in [3.8, 4) is 28.1 Å². The van der Waals surface area contributed by atoms with Crippen molar-refractivity contribution in [1.29, 1.82) is 0 Å². The summed E-state index contributed by atoms with van der Waals surface area (Å²) < 4.78 is 9.97. The molecule has 10 nitrogen and oxygen atoms in total. The average molecular weight is 552 g/mol. The molecule has 1 aliphatic heterocycles. The number of hydrogen-bond acceptors (Lipinski definition) is 8. The van der Waals surface area contributed by atoms with Crippen molar-refractivity contribution in [1.82, 2.24) is 29.2 Å². The molecule has 6 rings (SSSR count). The molecule has 3 aromatic heterocycles. The van der Waals surface area contributed by atoms with Crippen LogP contribution in [0.5, 0.6) is 5.75 Å². The second-order valence-corrected chi connectivity index (χ2v) is 10.9. The fraction of sp³-hybridized carbons (Fsp3) is 0.323. The number of nitrogen functional groups attached to an aromatic ring is 1. The first-order chi connectivity index (χ1) is 19.8. The van der Waals surface area contributed by atoms with Crippen molar-refractivity contribution in [2.75, 3.05) is 50.7 Å². The molecule has 4 N–H and O–H groups in total. The maximum atomic E-state index is 6.43. The minimum Gasteiger partial charge on any atom is -0.494 e. The second kappa shape index (κ2) is 10.8. The summed E-state index contributed by atoms with van der Waals surface area (Å²) in [5, 5.41) is 12.5. The number of methoxy groups -OCH3 is 1. The number of likely N-dealkylation sites (N-methyl/N-ethyl adjacent to an activating group) is 1. The SMILES string of the molecule is COc1cc(NCCN(C)C)c(N)cc1Nc1ncc(-c2cnn(C)c2C)c(-c2cn3c4c(cccc24)CCC3)n1. The fourth-order valence-electron chi connectivity index (χ4n) is 5.60. The van der Waals surface area contributed by atoms with Crippen molar-refractivity contribution < 1.29 is 4.74 Å². The van der Waals surface area contributed by atoms with E-state index in [1.54, 1.807) is 7.11 Å². The molecule has 41 heavy (non-hydrogen) atoms. The van der Waals surface area contributed by atoms with Crippen LogP contribution in [0.25, 0.3) is 33.3 Å². The molecule has 5 aromatic rings. The molecule has 0 unspecified atom stereocenters. The molecule has 0 radical (unpaired) electrons. The third-order valence-electron chi connectivity index (χ3n) is 7.89. The molecule has 10 heteroatoms. The Labute approximate surface area is 240 Å². The Morgan fingerprint density at radius 1 is 1.10 bits per heavy atom. The van der Waals surface area contributed by atoms with Crippen LogP contribution in [0, 0.1) is 6.92 Å². The summed E-state index contributed by atoms with van der Waals surface area (Å²) in [7, 11) is 7.68. The molecule has 212 valence electrons. The van der Waals surface area contributed by atoms with Gasteiger partial charge in [0, 0.05) is 72.9 Å². The largest absolute Gasteiger partial charge is 0.494 e. The van der Waals surface area contributed by atoms with Crippen LogP contribution in [0.1, 0.15) is 17.7 Å². The van der Waals surface area contributed by atoms with Gasteiger partial charge in [-0.15, -0.1) is 0 Å². The maximum absolute atomic E-state index is 6.43. The number of nitrogens with one attached hydrogen (secondary N) is 2. The summed E-state index contributed by atoms with van der Waals surface area (Å²) in [6.07, 6.45) is 8.23. The highest BCUT2D eigenvalue weighted by Gasteiger charge is 2.22.